The highest BCUT2D eigenvalue weighted by Crippen LogP contribution is 2.41. The summed E-state index contributed by atoms with van der Waals surface area (Å²) in [6.07, 6.45) is 6.12. The van der Waals surface area contributed by atoms with Crippen molar-refractivity contribution in [2.45, 2.75) is 77.4 Å². The first-order valence-electron chi connectivity index (χ1n) is 7.71. The number of carbonyl (C=O) groups excluding carboxylic acids is 2. The maximum Gasteiger partial charge on any atom is 0.167 e. The normalized spacial score (nSPS) is 39.8. The zero-order valence-corrected chi connectivity index (χ0v) is 12.4. The van der Waals surface area contributed by atoms with Crippen LogP contribution in [0.2, 0.25) is 0 Å². The minimum atomic E-state index is -0.838. The van der Waals surface area contributed by atoms with Gasteiger partial charge in [0.15, 0.2) is 5.78 Å². The van der Waals surface area contributed by atoms with Crippen molar-refractivity contribution in [1.82, 2.24) is 0 Å². The van der Waals surface area contributed by atoms with Crippen molar-refractivity contribution >= 4 is 11.6 Å². The van der Waals surface area contributed by atoms with Crippen molar-refractivity contribution in [3.8, 4) is 0 Å². The Bertz CT molecular complexity index is 363. The Labute approximate surface area is 116 Å². The molecule has 3 nitrogen and oxygen atoms in total. The van der Waals surface area contributed by atoms with E-state index >= 15 is 0 Å². The Balaban J connectivity index is 2.05. The van der Waals surface area contributed by atoms with Crippen molar-refractivity contribution in [3.05, 3.63) is 0 Å². The van der Waals surface area contributed by atoms with Crippen LogP contribution in [0.25, 0.3) is 0 Å². The van der Waals surface area contributed by atoms with E-state index in [-0.39, 0.29) is 23.6 Å². The number of rotatable bonds is 4. The number of hydrogen-bond acceptors (Lipinski definition) is 3. The van der Waals surface area contributed by atoms with Crippen LogP contribution in [0.4, 0.5) is 0 Å². The maximum absolute atomic E-state index is 12.3. The first-order valence-corrected chi connectivity index (χ1v) is 7.71. The summed E-state index contributed by atoms with van der Waals surface area (Å²) in [6, 6.07) is 0. The lowest BCUT2D eigenvalue weighted by Crippen LogP contribution is -2.47. The number of Topliss-reactive ketones (excluding diaryl/α,β-unsaturated/α-hetero) is 2. The fraction of sp³-hybridized carbons (Fsp3) is 0.875. The zero-order chi connectivity index (χ0) is 14.0. The highest BCUT2D eigenvalue weighted by Gasteiger charge is 2.52. The van der Waals surface area contributed by atoms with Crippen molar-refractivity contribution in [3.63, 3.8) is 0 Å². The van der Waals surface area contributed by atoms with E-state index in [1.165, 1.54) is 0 Å². The van der Waals surface area contributed by atoms with Crippen LogP contribution in [0.15, 0.2) is 0 Å². The molecule has 0 amide bonds. The number of ether oxygens (including phenoxy) is 1. The molecular weight excluding hydrogens is 240 g/mol. The average molecular weight is 266 g/mol. The summed E-state index contributed by atoms with van der Waals surface area (Å²) in [6.45, 7) is 6.10. The standard InChI is InChI=1S/C16H26O3/c1-4-5-6-12-10-15(18)16(3,19-12)13-8-7-11(2)9-14(13)17/h11-13H,4-10H2,1-3H3/t11-,12?,13?,16?/m1/s1. The van der Waals surface area contributed by atoms with Crippen LogP contribution in [-0.4, -0.2) is 23.3 Å². The molecule has 0 bridgehead atoms. The summed E-state index contributed by atoms with van der Waals surface area (Å²) < 4.78 is 6.04. The van der Waals surface area contributed by atoms with E-state index in [1.807, 2.05) is 6.92 Å². The lowest BCUT2D eigenvalue weighted by molar-refractivity contribution is -0.151. The molecule has 0 spiro atoms. The first-order chi connectivity index (χ1) is 8.97. The van der Waals surface area contributed by atoms with Gasteiger partial charge in [0.2, 0.25) is 0 Å². The van der Waals surface area contributed by atoms with Crippen LogP contribution >= 0.6 is 0 Å². The van der Waals surface area contributed by atoms with Gasteiger partial charge in [0.1, 0.15) is 11.4 Å². The molecule has 3 heteroatoms. The topological polar surface area (TPSA) is 43.4 Å². The van der Waals surface area contributed by atoms with Crippen LogP contribution < -0.4 is 0 Å². The molecule has 1 heterocycles. The van der Waals surface area contributed by atoms with Crippen LogP contribution in [0.3, 0.4) is 0 Å². The Hall–Kier alpha value is -0.700. The fourth-order valence-electron chi connectivity index (χ4n) is 3.51. The lowest BCUT2D eigenvalue weighted by Gasteiger charge is -2.35. The molecule has 1 aliphatic carbocycles. The predicted octanol–water partition coefficient (Wildman–Crippen LogP) is 3.30. The quantitative estimate of drug-likeness (QED) is 0.784. The molecule has 0 radical (unpaired) electrons. The Morgan fingerprint density at radius 3 is 2.63 bits per heavy atom. The number of ketones is 2. The monoisotopic (exact) mass is 266 g/mol. The largest absolute Gasteiger partial charge is 0.363 e. The van der Waals surface area contributed by atoms with E-state index in [2.05, 4.69) is 13.8 Å². The van der Waals surface area contributed by atoms with Gasteiger partial charge in [0, 0.05) is 12.8 Å². The van der Waals surface area contributed by atoms with Crippen molar-refractivity contribution in [1.29, 1.82) is 0 Å². The molecule has 1 saturated heterocycles. The molecule has 1 aliphatic heterocycles. The van der Waals surface area contributed by atoms with Gasteiger partial charge in [-0.25, -0.2) is 0 Å². The van der Waals surface area contributed by atoms with Crippen molar-refractivity contribution in [2.24, 2.45) is 11.8 Å². The molecule has 0 aromatic heterocycles. The number of hydrogen-bond donors (Lipinski definition) is 0. The van der Waals surface area contributed by atoms with Crippen LogP contribution in [0.1, 0.15) is 65.7 Å². The van der Waals surface area contributed by atoms with Gasteiger partial charge in [-0.3, -0.25) is 9.59 Å². The van der Waals surface area contributed by atoms with Gasteiger partial charge in [0.05, 0.1) is 12.0 Å². The molecule has 0 N–H and O–H groups in total. The molecule has 2 rings (SSSR count). The highest BCUT2D eigenvalue weighted by molar-refractivity contribution is 5.96. The van der Waals surface area contributed by atoms with Gasteiger partial charge in [-0.15, -0.1) is 0 Å². The number of carbonyl (C=O) groups is 2. The summed E-state index contributed by atoms with van der Waals surface area (Å²) in [7, 11) is 0. The van der Waals surface area contributed by atoms with Crippen LogP contribution in [0.5, 0.6) is 0 Å². The Kier molecular flexibility index (Phi) is 4.44. The predicted molar refractivity (Wildman–Crippen MR) is 73.9 cm³/mol. The molecule has 3 unspecified atom stereocenters. The van der Waals surface area contributed by atoms with Gasteiger partial charge >= 0.3 is 0 Å². The second kappa shape index (κ2) is 5.74. The zero-order valence-electron chi connectivity index (χ0n) is 12.4. The van der Waals surface area contributed by atoms with E-state index < -0.39 is 5.60 Å². The molecular formula is C16H26O3. The van der Waals surface area contributed by atoms with Gasteiger partial charge in [-0.2, -0.15) is 0 Å². The van der Waals surface area contributed by atoms with Crippen molar-refractivity contribution in [2.75, 3.05) is 0 Å². The van der Waals surface area contributed by atoms with Crippen molar-refractivity contribution < 1.29 is 14.3 Å². The summed E-state index contributed by atoms with van der Waals surface area (Å²) in [5.41, 5.74) is -0.838. The second-order valence-corrected chi connectivity index (χ2v) is 6.52. The van der Waals surface area contributed by atoms with Gasteiger partial charge in [-0.1, -0.05) is 26.7 Å². The summed E-state index contributed by atoms with van der Waals surface area (Å²) in [5.74, 6) is 0.620. The molecule has 2 aliphatic rings. The highest BCUT2D eigenvalue weighted by atomic mass is 16.5. The summed E-state index contributed by atoms with van der Waals surface area (Å²) >= 11 is 0. The summed E-state index contributed by atoms with van der Waals surface area (Å²) in [4.78, 5) is 24.5. The smallest absolute Gasteiger partial charge is 0.167 e. The van der Waals surface area contributed by atoms with Gasteiger partial charge < -0.3 is 4.74 Å². The average Bonchev–Trinajstić information content (AvgIpc) is 2.63. The molecule has 2 fully saturated rings. The third-order valence-electron chi connectivity index (χ3n) is 4.81. The van der Waals surface area contributed by atoms with Gasteiger partial charge in [-0.05, 0) is 32.1 Å². The molecule has 0 aromatic carbocycles. The van der Waals surface area contributed by atoms with E-state index in [9.17, 15) is 9.59 Å². The minimum Gasteiger partial charge on any atom is -0.363 e. The minimum absolute atomic E-state index is 0.0320. The fourth-order valence-corrected chi connectivity index (χ4v) is 3.51. The Morgan fingerprint density at radius 2 is 2.00 bits per heavy atom. The van der Waals surface area contributed by atoms with E-state index in [0.717, 1.165) is 32.1 Å². The van der Waals surface area contributed by atoms with Gasteiger partial charge in [0.25, 0.3) is 0 Å². The Morgan fingerprint density at radius 1 is 1.26 bits per heavy atom. The number of unbranched alkanes of at least 4 members (excludes halogenated alkanes) is 1. The van der Waals surface area contributed by atoms with E-state index in [1.54, 1.807) is 0 Å². The first kappa shape index (κ1) is 14.7. The third kappa shape index (κ3) is 2.91. The molecule has 108 valence electrons. The second-order valence-electron chi connectivity index (χ2n) is 6.52. The maximum atomic E-state index is 12.3. The SMILES string of the molecule is CCCCC1CC(=O)C(C)(C2CC[C@@H](C)CC2=O)O1. The van der Waals surface area contributed by atoms with E-state index in [4.69, 9.17) is 4.74 Å². The molecule has 1 saturated carbocycles. The van der Waals surface area contributed by atoms with Crippen LogP contribution in [0, 0.1) is 11.8 Å². The molecule has 0 aromatic rings. The van der Waals surface area contributed by atoms with Crippen LogP contribution in [-0.2, 0) is 14.3 Å². The molecule has 19 heavy (non-hydrogen) atoms. The van der Waals surface area contributed by atoms with E-state index in [0.29, 0.717) is 18.8 Å². The summed E-state index contributed by atoms with van der Waals surface area (Å²) in [5, 5.41) is 0. The molecule has 4 atom stereocenters. The lowest BCUT2D eigenvalue weighted by atomic mass is 9.72. The third-order valence-corrected chi connectivity index (χ3v) is 4.81.